The summed E-state index contributed by atoms with van der Waals surface area (Å²) in [5, 5.41) is 0. The van der Waals surface area contributed by atoms with Crippen LogP contribution in [0.5, 0.6) is 0 Å². The van der Waals surface area contributed by atoms with Crippen LogP contribution < -0.4 is 0 Å². The van der Waals surface area contributed by atoms with Crippen molar-refractivity contribution >= 4 is 18.0 Å². The fourth-order valence-electron chi connectivity index (χ4n) is 6.07. The van der Waals surface area contributed by atoms with Gasteiger partial charge in [-0.1, -0.05) is 73.5 Å². The molecule has 3 aliphatic rings. The topological polar surface area (TPSA) is 76.2 Å². The molecule has 3 fully saturated rings. The molecular weight excluding hydrogens is 456 g/mol. The Bertz CT molecular complexity index is 1060. The number of fused-ring (bicyclic) bond motifs is 1. The Hall–Kier alpha value is -3.35. The Morgan fingerprint density at radius 3 is 2.08 bits per heavy atom. The van der Waals surface area contributed by atoms with Gasteiger partial charge >= 0.3 is 12.1 Å². The van der Waals surface area contributed by atoms with Crippen molar-refractivity contribution in [2.24, 2.45) is 11.8 Å². The first kappa shape index (κ1) is 24.3. The van der Waals surface area contributed by atoms with Gasteiger partial charge in [-0.15, -0.1) is 0 Å². The minimum absolute atomic E-state index is 0.0158. The smallest absolute Gasteiger partial charge is 0.410 e. The van der Waals surface area contributed by atoms with E-state index in [-0.39, 0.29) is 49.1 Å². The zero-order valence-corrected chi connectivity index (χ0v) is 20.6. The van der Waals surface area contributed by atoms with Gasteiger partial charge in [-0.3, -0.25) is 4.79 Å². The lowest BCUT2D eigenvalue weighted by Crippen LogP contribution is -2.46. The Balaban J connectivity index is 1.23. The maximum absolute atomic E-state index is 13.8. The molecule has 0 bridgehead atoms. The maximum atomic E-state index is 13.8. The average molecular weight is 491 g/mol. The molecule has 2 saturated heterocycles. The van der Waals surface area contributed by atoms with Crippen molar-refractivity contribution in [2.75, 3.05) is 13.1 Å². The number of hydrogen-bond acceptors (Lipinski definition) is 5. The van der Waals surface area contributed by atoms with Crippen LogP contribution in [-0.4, -0.2) is 52.9 Å². The van der Waals surface area contributed by atoms with Crippen molar-refractivity contribution in [2.45, 2.75) is 63.8 Å². The second kappa shape index (κ2) is 11.1. The summed E-state index contributed by atoms with van der Waals surface area (Å²) in [5.74, 6) is -0.564. The molecule has 36 heavy (non-hydrogen) atoms. The predicted molar refractivity (Wildman–Crippen MR) is 134 cm³/mol. The number of hydrogen-bond donors (Lipinski definition) is 0. The summed E-state index contributed by atoms with van der Waals surface area (Å²) in [5.41, 5.74) is 1.86. The zero-order valence-electron chi connectivity index (χ0n) is 20.6. The molecule has 1 saturated carbocycles. The van der Waals surface area contributed by atoms with Gasteiger partial charge in [0.25, 0.3) is 0 Å². The monoisotopic (exact) mass is 490 g/mol. The molecular formula is C29H34N2O5. The van der Waals surface area contributed by atoms with Crippen LogP contribution >= 0.6 is 0 Å². The summed E-state index contributed by atoms with van der Waals surface area (Å²) in [7, 11) is 0. The van der Waals surface area contributed by atoms with E-state index < -0.39 is 6.04 Å². The van der Waals surface area contributed by atoms with Crippen LogP contribution in [0.4, 0.5) is 4.79 Å². The van der Waals surface area contributed by atoms with E-state index >= 15 is 0 Å². The van der Waals surface area contributed by atoms with Crippen LogP contribution in [0, 0.1) is 11.8 Å². The number of ether oxygens (including phenoxy) is 2. The molecule has 2 aromatic rings. The van der Waals surface area contributed by atoms with Gasteiger partial charge in [0.15, 0.2) is 0 Å². The van der Waals surface area contributed by atoms with Crippen LogP contribution in [-0.2, 0) is 32.3 Å². The van der Waals surface area contributed by atoms with E-state index in [2.05, 4.69) is 0 Å². The summed E-state index contributed by atoms with van der Waals surface area (Å²) in [6.07, 6.45) is 4.94. The highest BCUT2D eigenvalue weighted by Crippen LogP contribution is 2.42. The van der Waals surface area contributed by atoms with E-state index in [4.69, 9.17) is 9.47 Å². The average Bonchev–Trinajstić information content (AvgIpc) is 3.57. The molecule has 0 radical (unpaired) electrons. The standard InChI is InChI=1S/C29H34N2O5/c32-27(30-17-9-16-26(30)28(33)35-19-21-10-3-1-4-11-21)24-18-31(25-15-8-7-14-23(24)25)29(34)36-20-22-12-5-2-6-13-22/h1-6,10-13,23-26H,7-9,14-20H2/t23?,24?,25?,26-/m0/s1. The maximum Gasteiger partial charge on any atom is 0.410 e. The number of amides is 2. The lowest BCUT2D eigenvalue weighted by atomic mass is 9.79. The Labute approximate surface area is 212 Å². The van der Waals surface area contributed by atoms with Crippen LogP contribution in [0.15, 0.2) is 60.7 Å². The third-order valence-electron chi connectivity index (χ3n) is 7.88. The SMILES string of the molecule is O=C(OCc1ccccc1)[C@@H]1CCCN1C(=O)C1CN(C(=O)OCc2ccccc2)C2CCCCC12. The third-order valence-corrected chi connectivity index (χ3v) is 7.88. The first-order chi connectivity index (χ1) is 17.6. The van der Waals surface area contributed by atoms with Crippen LogP contribution in [0.2, 0.25) is 0 Å². The highest BCUT2D eigenvalue weighted by atomic mass is 16.6. The second-order valence-electron chi connectivity index (χ2n) is 10.1. The molecule has 2 aliphatic heterocycles. The summed E-state index contributed by atoms with van der Waals surface area (Å²) < 4.78 is 11.2. The van der Waals surface area contributed by atoms with Crippen molar-refractivity contribution in [3.8, 4) is 0 Å². The number of carbonyl (C=O) groups is 3. The van der Waals surface area contributed by atoms with Gasteiger partial charge in [0.1, 0.15) is 19.3 Å². The molecule has 3 unspecified atom stereocenters. The van der Waals surface area contributed by atoms with Crippen molar-refractivity contribution in [1.29, 1.82) is 0 Å². The van der Waals surface area contributed by atoms with E-state index in [1.165, 1.54) is 0 Å². The van der Waals surface area contributed by atoms with Gasteiger partial charge < -0.3 is 19.3 Å². The van der Waals surface area contributed by atoms with Gasteiger partial charge in [0.2, 0.25) is 5.91 Å². The van der Waals surface area contributed by atoms with Gasteiger partial charge in [-0.05, 0) is 42.7 Å². The summed E-state index contributed by atoms with van der Waals surface area (Å²) >= 11 is 0. The molecule has 0 aromatic heterocycles. The van der Waals surface area contributed by atoms with Crippen molar-refractivity contribution in [3.63, 3.8) is 0 Å². The molecule has 2 aromatic carbocycles. The Morgan fingerprint density at radius 2 is 1.39 bits per heavy atom. The second-order valence-corrected chi connectivity index (χ2v) is 10.1. The lowest BCUT2D eigenvalue weighted by molar-refractivity contribution is -0.156. The van der Waals surface area contributed by atoms with Crippen LogP contribution in [0.25, 0.3) is 0 Å². The molecule has 7 heteroatoms. The normalized spacial score (nSPS) is 25.3. The first-order valence-electron chi connectivity index (χ1n) is 13.1. The van der Waals surface area contributed by atoms with E-state index in [1.807, 2.05) is 60.7 Å². The molecule has 190 valence electrons. The molecule has 4 atom stereocenters. The highest BCUT2D eigenvalue weighted by molar-refractivity contribution is 5.87. The van der Waals surface area contributed by atoms with E-state index in [9.17, 15) is 14.4 Å². The molecule has 2 heterocycles. The van der Waals surface area contributed by atoms with Gasteiger partial charge in [0, 0.05) is 19.1 Å². The quantitative estimate of drug-likeness (QED) is 0.556. The summed E-state index contributed by atoms with van der Waals surface area (Å²) in [6.45, 7) is 1.32. The number of nitrogens with zero attached hydrogens (tertiary/aromatic N) is 2. The number of rotatable bonds is 6. The minimum atomic E-state index is -0.553. The highest BCUT2D eigenvalue weighted by Gasteiger charge is 2.51. The van der Waals surface area contributed by atoms with Gasteiger partial charge in [-0.2, -0.15) is 0 Å². The van der Waals surface area contributed by atoms with Crippen LogP contribution in [0.3, 0.4) is 0 Å². The van der Waals surface area contributed by atoms with Gasteiger partial charge in [0.05, 0.1) is 5.92 Å². The number of likely N-dealkylation sites (tertiary alicyclic amines) is 2. The van der Waals surface area contributed by atoms with E-state index in [0.29, 0.717) is 19.5 Å². The van der Waals surface area contributed by atoms with Crippen molar-refractivity contribution in [1.82, 2.24) is 9.80 Å². The molecule has 7 nitrogen and oxygen atoms in total. The van der Waals surface area contributed by atoms with E-state index in [1.54, 1.807) is 9.80 Å². The lowest BCUT2D eigenvalue weighted by Gasteiger charge is -2.33. The minimum Gasteiger partial charge on any atom is -0.459 e. The molecule has 2 amide bonds. The molecule has 5 rings (SSSR count). The molecule has 0 N–H and O–H groups in total. The Kier molecular flexibility index (Phi) is 7.54. The fraction of sp³-hybridized carbons (Fsp3) is 0.483. The summed E-state index contributed by atoms with van der Waals surface area (Å²) in [6, 6.07) is 18.7. The van der Waals surface area contributed by atoms with Gasteiger partial charge in [-0.25, -0.2) is 9.59 Å². The molecule has 1 aliphatic carbocycles. The number of esters is 1. The zero-order chi connectivity index (χ0) is 24.9. The first-order valence-corrected chi connectivity index (χ1v) is 13.1. The fourth-order valence-corrected chi connectivity index (χ4v) is 6.07. The summed E-state index contributed by atoms with van der Waals surface area (Å²) in [4.78, 5) is 43.2. The third kappa shape index (κ3) is 5.25. The number of benzene rings is 2. The largest absolute Gasteiger partial charge is 0.459 e. The Morgan fingerprint density at radius 1 is 0.750 bits per heavy atom. The number of carbonyl (C=O) groups excluding carboxylic acids is 3. The molecule has 0 spiro atoms. The van der Waals surface area contributed by atoms with Crippen molar-refractivity contribution < 1.29 is 23.9 Å². The predicted octanol–water partition coefficient (Wildman–Crippen LogP) is 4.55. The van der Waals surface area contributed by atoms with Crippen LogP contribution in [0.1, 0.15) is 49.7 Å². The van der Waals surface area contributed by atoms with Crippen molar-refractivity contribution in [3.05, 3.63) is 71.8 Å². The van der Waals surface area contributed by atoms with E-state index in [0.717, 1.165) is 43.2 Å².